The van der Waals surface area contributed by atoms with Gasteiger partial charge in [-0.1, -0.05) is 65.4 Å². The van der Waals surface area contributed by atoms with Gasteiger partial charge < -0.3 is 20.7 Å². The molecule has 1 aliphatic rings. The Labute approximate surface area is 184 Å². The number of phenols is 1. The fourth-order valence-corrected chi connectivity index (χ4v) is 4.38. The molecule has 2 rings (SSSR count). The van der Waals surface area contributed by atoms with Crippen molar-refractivity contribution in [2.24, 2.45) is 23.5 Å². The maximum atomic E-state index is 10.3. The smallest absolute Gasteiger partial charge is 0.160 e. The van der Waals surface area contributed by atoms with Crippen LogP contribution >= 0.6 is 0 Å². The lowest BCUT2D eigenvalue weighted by molar-refractivity contribution is 0.135. The Bertz CT molecular complexity index is 614. The van der Waals surface area contributed by atoms with Crippen molar-refractivity contribution in [1.29, 1.82) is 0 Å². The third-order valence-corrected chi connectivity index (χ3v) is 6.75. The zero-order chi connectivity index (χ0) is 22.0. The highest BCUT2D eigenvalue weighted by atomic mass is 16.5. The van der Waals surface area contributed by atoms with Gasteiger partial charge in [-0.2, -0.15) is 0 Å². The van der Waals surface area contributed by atoms with Gasteiger partial charge in [-0.25, -0.2) is 0 Å². The lowest BCUT2D eigenvalue weighted by Gasteiger charge is -2.35. The van der Waals surface area contributed by atoms with E-state index in [0.29, 0.717) is 18.3 Å². The molecule has 4 N–H and O–H groups in total. The lowest BCUT2D eigenvalue weighted by atomic mass is 9.75. The first kappa shape index (κ1) is 25.0. The number of phenolic OH excluding ortho intramolecular Hbond substituents is 1. The number of nitrogens with two attached hydrogens (primary N) is 1. The van der Waals surface area contributed by atoms with Crippen LogP contribution < -0.4 is 10.5 Å². The van der Waals surface area contributed by atoms with E-state index in [1.165, 1.54) is 38.5 Å². The first-order chi connectivity index (χ1) is 14.3. The quantitative estimate of drug-likeness (QED) is 0.313. The zero-order valence-electron chi connectivity index (χ0n) is 19.5. The van der Waals surface area contributed by atoms with Crippen LogP contribution in [0.25, 0.3) is 0 Å². The summed E-state index contributed by atoms with van der Waals surface area (Å²) in [5, 5.41) is 20.1. The summed E-state index contributed by atoms with van der Waals surface area (Å²) in [5.41, 5.74) is 6.96. The Balaban J connectivity index is 1.70. The second-order valence-electron chi connectivity index (χ2n) is 10.2. The standard InChI is InChI=1S/C26H45NO3/c1-20(2)7-4-8-21(3)9-6-16-30-25-13-12-22(17-24(25)29)14-15-26(27,19-28)18-23-10-5-11-23/h12-13,17,20-21,23,28-29H,4-11,14-16,18-19,27H2,1-3H3/t21?,26-/m0/s1. The van der Waals surface area contributed by atoms with Crippen LogP contribution in [-0.4, -0.2) is 29.0 Å². The number of aryl methyl sites for hydroxylation is 1. The molecule has 0 radical (unpaired) electrons. The van der Waals surface area contributed by atoms with Crippen LogP contribution in [0.2, 0.25) is 0 Å². The number of aromatic hydroxyl groups is 1. The lowest BCUT2D eigenvalue weighted by Crippen LogP contribution is -2.46. The summed E-state index contributed by atoms with van der Waals surface area (Å²) in [4.78, 5) is 0. The molecule has 1 unspecified atom stereocenters. The molecule has 0 heterocycles. The summed E-state index contributed by atoms with van der Waals surface area (Å²) in [5.74, 6) is 2.94. The minimum Gasteiger partial charge on any atom is -0.504 e. The van der Waals surface area contributed by atoms with Crippen molar-refractivity contribution in [1.82, 2.24) is 0 Å². The molecule has 4 nitrogen and oxygen atoms in total. The monoisotopic (exact) mass is 419 g/mol. The first-order valence-corrected chi connectivity index (χ1v) is 12.2. The molecule has 0 aliphatic heterocycles. The molecule has 30 heavy (non-hydrogen) atoms. The molecule has 172 valence electrons. The average molecular weight is 420 g/mol. The van der Waals surface area contributed by atoms with Crippen molar-refractivity contribution in [2.75, 3.05) is 13.2 Å². The van der Waals surface area contributed by atoms with Crippen molar-refractivity contribution in [3.8, 4) is 11.5 Å². The largest absolute Gasteiger partial charge is 0.504 e. The summed E-state index contributed by atoms with van der Waals surface area (Å²) in [6, 6.07) is 5.65. The van der Waals surface area contributed by atoms with E-state index in [0.717, 1.165) is 49.5 Å². The van der Waals surface area contributed by atoms with Crippen LogP contribution in [0.5, 0.6) is 11.5 Å². The molecule has 4 heteroatoms. The molecule has 1 fully saturated rings. The van der Waals surface area contributed by atoms with E-state index < -0.39 is 5.54 Å². The predicted octanol–water partition coefficient (Wildman–Crippen LogP) is 5.83. The number of benzene rings is 1. The fourth-order valence-electron chi connectivity index (χ4n) is 4.38. The van der Waals surface area contributed by atoms with Crippen LogP contribution in [0.15, 0.2) is 18.2 Å². The molecule has 0 bridgehead atoms. The van der Waals surface area contributed by atoms with Crippen molar-refractivity contribution in [3.63, 3.8) is 0 Å². The average Bonchev–Trinajstić information content (AvgIpc) is 2.67. The molecule has 0 aromatic heterocycles. The van der Waals surface area contributed by atoms with Gasteiger partial charge in [-0.3, -0.25) is 0 Å². The number of rotatable bonds is 15. The normalized spacial score (nSPS) is 17.5. The van der Waals surface area contributed by atoms with Crippen molar-refractivity contribution in [2.45, 2.75) is 96.9 Å². The Morgan fingerprint density at radius 3 is 2.47 bits per heavy atom. The van der Waals surface area contributed by atoms with Gasteiger partial charge in [0.15, 0.2) is 11.5 Å². The van der Waals surface area contributed by atoms with Gasteiger partial charge in [0, 0.05) is 5.54 Å². The van der Waals surface area contributed by atoms with E-state index in [9.17, 15) is 10.2 Å². The summed E-state index contributed by atoms with van der Waals surface area (Å²) in [6.07, 6.45) is 12.2. The topological polar surface area (TPSA) is 75.7 Å². The number of ether oxygens (including phenoxy) is 1. The molecule has 0 spiro atoms. The van der Waals surface area contributed by atoms with E-state index in [4.69, 9.17) is 10.5 Å². The van der Waals surface area contributed by atoms with Crippen LogP contribution in [0.4, 0.5) is 0 Å². The van der Waals surface area contributed by atoms with Gasteiger partial charge in [0.05, 0.1) is 13.2 Å². The number of hydrogen-bond donors (Lipinski definition) is 3. The van der Waals surface area contributed by atoms with Gasteiger partial charge in [-0.15, -0.1) is 0 Å². The molecule has 1 aromatic rings. The van der Waals surface area contributed by atoms with Crippen molar-refractivity contribution >= 4 is 0 Å². The molecular weight excluding hydrogens is 374 g/mol. The number of aliphatic hydroxyl groups is 1. The van der Waals surface area contributed by atoms with Crippen LogP contribution in [0.1, 0.15) is 90.5 Å². The van der Waals surface area contributed by atoms with E-state index in [1.807, 2.05) is 12.1 Å². The highest BCUT2D eigenvalue weighted by Crippen LogP contribution is 2.35. The molecule has 2 atom stereocenters. The van der Waals surface area contributed by atoms with Crippen LogP contribution in [0, 0.1) is 17.8 Å². The van der Waals surface area contributed by atoms with Crippen molar-refractivity contribution < 1.29 is 14.9 Å². The second-order valence-corrected chi connectivity index (χ2v) is 10.2. The highest BCUT2D eigenvalue weighted by molar-refractivity contribution is 5.41. The number of hydrogen-bond acceptors (Lipinski definition) is 4. The molecule has 0 saturated heterocycles. The van der Waals surface area contributed by atoms with Crippen molar-refractivity contribution in [3.05, 3.63) is 23.8 Å². The van der Waals surface area contributed by atoms with Gasteiger partial charge in [0.1, 0.15) is 0 Å². The van der Waals surface area contributed by atoms with Gasteiger partial charge >= 0.3 is 0 Å². The summed E-state index contributed by atoms with van der Waals surface area (Å²) >= 11 is 0. The van der Waals surface area contributed by atoms with E-state index in [-0.39, 0.29) is 12.4 Å². The Hall–Kier alpha value is -1.26. The summed E-state index contributed by atoms with van der Waals surface area (Å²) < 4.78 is 5.81. The van der Waals surface area contributed by atoms with E-state index >= 15 is 0 Å². The molecular formula is C26H45NO3. The molecule has 1 saturated carbocycles. The third kappa shape index (κ3) is 8.85. The maximum Gasteiger partial charge on any atom is 0.160 e. The Kier molecular flexibility index (Phi) is 10.5. The summed E-state index contributed by atoms with van der Waals surface area (Å²) in [7, 11) is 0. The van der Waals surface area contributed by atoms with Gasteiger partial charge in [-0.05, 0) is 67.6 Å². The predicted molar refractivity (Wildman–Crippen MR) is 125 cm³/mol. The highest BCUT2D eigenvalue weighted by Gasteiger charge is 2.30. The van der Waals surface area contributed by atoms with Crippen LogP contribution in [-0.2, 0) is 6.42 Å². The van der Waals surface area contributed by atoms with E-state index in [1.54, 1.807) is 6.07 Å². The Morgan fingerprint density at radius 1 is 1.13 bits per heavy atom. The minimum atomic E-state index is -0.512. The SMILES string of the molecule is CC(C)CCCC(C)CCCOc1ccc(CC[C@@](N)(CO)CC2CCC2)cc1O. The first-order valence-electron chi connectivity index (χ1n) is 12.2. The molecule has 0 amide bonds. The van der Waals surface area contributed by atoms with Crippen LogP contribution in [0.3, 0.4) is 0 Å². The van der Waals surface area contributed by atoms with Gasteiger partial charge in [0.25, 0.3) is 0 Å². The summed E-state index contributed by atoms with van der Waals surface area (Å²) in [6.45, 7) is 7.54. The maximum absolute atomic E-state index is 10.3. The number of aliphatic hydroxyl groups excluding tert-OH is 1. The van der Waals surface area contributed by atoms with Gasteiger partial charge in [0.2, 0.25) is 0 Å². The zero-order valence-corrected chi connectivity index (χ0v) is 19.5. The fraction of sp³-hybridized carbons (Fsp3) is 0.769. The second kappa shape index (κ2) is 12.6. The Morgan fingerprint density at radius 2 is 1.87 bits per heavy atom. The van der Waals surface area contributed by atoms with E-state index in [2.05, 4.69) is 20.8 Å². The third-order valence-electron chi connectivity index (χ3n) is 6.75. The molecule has 1 aromatic carbocycles. The minimum absolute atomic E-state index is 0.0204. The molecule has 1 aliphatic carbocycles.